The second-order valence-electron chi connectivity index (χ2n) is 9.66. The van der Waals surface area contributed by atoms with Crippen LogP contribution in [0, 0.1) is 3.57 Å². The van der Waals surface area contributed by atoms with Gasteiger partial charge in [-0.15, -0.1) is 0 Å². The molecule has 0 radical (unpaired) electrons. The van der Waals surface area contributed by atoms with Crippen molar-refractivity contribution in [3.63, 3.8) is 0 Å². The Morgan fingerprint density at radius 1 is 0.574 bits per heavy atom. The van der Waals surface area contributed by atoms with Crippen LogP contribution < -0.4 is 20.1 Å². The third kappa shape index (κ3) is 10.0. The maximum absolute atomic E-state index is 13.1. The molecule has 0 fully saturated rings. The second kappa shape index (κ2) is 13.7. The van der Waals surface area contributed by atoms with Crippen LogP contribution in [-0.4, -0.2) is 24.0 Å². The van der Waals surface area contributed by atoms with Crippen LogP contribution >= 0.6 is 22.6 Å². The lowest BCUT2D eigenvalue weighted by Crippen LogP contribution is -2.31. The number of amides is 2. The van der Waals surface area contributed by atoms with Crippen molar-refractivity contribution >= 4 is 45.8 Å². The predicted octanol–water partition coefficient (Wildman–Crippen LogP) is 9.18. The Balaban J connectivity index is 1.75. The van der Waals surface area contributed by atoms with Gasteiger partial charge in [-0.2, -0.15) is 52.7 Å². The van der Waals surface area contributed by atoms with E-state index in [0.29, 0.717) is 24.3 Å². The molecule has 3 rings (SSSR count). The highest BCUT2D eigenvalue weighted by Gasteiger charge is 2.38. The molecule has 3 aromatic carbocycles. The number of benzene rings is 3. The van der Waals surface area contributed by atoms with Gasteiger partial charge in [0.1, 0.15) is 11.5 Å². The molecule has 0 unspecified atom stereocenters. The third-order valence-corrected chi connectivity index (χ3v) is 7.05. The van der Waals surface area contributed by atoms with Gasteiger partial charge in [0, 0.05) is 11.4 Å². The van der Waals surface area contributed by atoms with Crippen LogP contribution in [0.2, 0.25) is 0 Å². The van der Waals surface area contributed by atoms with E-state index in [1.54, 1.807) is 22.6 Å². The smallest absolute Gasteiger partial charge is 0.416 e. The summed E-state index contributed by atoms with van der Waals surface area (Å²) in [5.41, 5.74) is -8.29. The minimum absolute atomic E-state index is 0.0845. The van der Waals surface area contributed by atoms with Gasteiger partial charge in [0.25, 0.3) is 11.8 Å². The maximum Gasteiger partial charge on any atom is 0.416 e. The Morgan fingerprint density at radius 2 is 0.851 bits per heavy atom. The molecule has 0 spiro atoms. The molecule has 0 aliphatic heterocycles. The summed E-state index contributed by atoms with van der Waals surface area (Å²) in [6.45, 7) is 2.25. The van der Waals surface area contributed by atoms with Crippen molar-refractivity contribution in [1.82, 2.24) is 0 Å². The van der Waals surface area contributed by atoms with E-state index in [0.717, 1.165) is 13.8 Å². The van der Waals surface area contributed by atoms with Gasteiger partial charge >= 0.3 is 24.7 Å². The zero-order chi connectivity index (χ0) is 35.7. The summed E-state index contributed by atoms with van der Waals surface area (Å²) < 4.78 is 169. The minimum atomic E-state index is -5.16. The van der Waals surface area contributed by atoms with Crippen molar-refractivity contribution < 1.29 is 71.7 Å². The molecule has 0 saturated heterocycles. The molecule has 0 aliphatic rings. The number of nitrogens with one attached hydrogen (secondary N) is 2. The monoisotopic (exact) mass is 802 g/mol. The standard InChI is InChI=1S/C28H19F12IN2O4/c1-12(23(44)42-18-8-14(25(29,30)31)6-15(9-18)26(32,33)34)46-20-4-3-5-21(22(20)41)47-13(2)24(45)43-19-10-16(27(35,36)37)7-17(11-19)28(38,39)40/h3-13H,1-2H3,(H,42,44)(H,43,45)/t12-,13-/m1/s1. The van der Waals surface area contributed by atoms with Crippen molar-refractivity contribution in [3.8, 4) is 11.5 Å². The fourth-order valence-corrected chi connectivity index (χ4v) is 4.32. The van der Waals surface area contributed by atoms with Gasteiger partial charge in [-0.1, -0.05) is 6.07 Å². The Kier molecular flexibility index (Phi) is 10.9. The van der Waals surface area contributed by atoms with Crippen molar-refractivity contribution in [3.05, 3.63) is 80.4 Å². The van der Waals surface area contributed by atoms with E-state index < -0.39 is 82.4 Å². The Morgan fingerprint density at radius 3 is 1.11 bits per heavy atom. The number of carbonyl (C=O) groups is 2. The molecule has 6 nitrogen and oxygen atoms in total. The second-order valence-corrected chi connectivity index (χ2v) is 10.7. The zero-order valence-electron chi connectivity index (χ0n) is 23.4. The highest BCUT2D eigenvalue weighted by atomic mass is 127. The SMILES string of the molecule is C[C@@H](Oc1cccc(O[C@H](C)C(=O)Nc2cc(C(F)(F)F)cc(C(F)(F)F)c2)c1I)C(=O)Nc1cc(C(F)(F)F)cc(C(F)(F)F)c1. The highest BCUT2D eigenvalue weighted by Crippen LogP contribution is 2.39. The van der Waals surface area contributed by atoms with Crippen molar-refractivity contribution in [2.24, 2.45) is 0 Å². The van der Waals surface area contributed by atoms with Crippen LogP contribution in [0.4, 0.5) is 64.1 Å². The van der Waals surface area contributed by atoms with E-state index in [4.69, 9.17) is 9.47 Å². The first-order valence-electron chi connectivity index (χ1n) is 12.7. The van der Waals surface area contributed by atoms with Crippen molar-refractivity contribution in [2.45, 2.75) is 50.8 Å². The Hall–Kier alpha value is -3.91. The van der Waals surface area contributed by atoms with Gasteiger partial charge < -0.3 is 20.1 Å². The molecule has 47 heavy (non-hydrogen) atoms. The van der Waals surface area contributed by atoms with Crippen LogP contribution in [0.15, 0.2) is 54.6 Å². The van der Waals surface area contributed by atoms with Crippen LogP contribution in [0.3, 0.4) is 0 Å². The van der Waals surface area contributed by atoms with E-state index in [9.17, 15) is 62.3 Å². The van der Waals surface area contributed by atoms with Gasteiger partial charge in [0.05, 0.1) is 25.8 Å². The highest BCUT2D eigenvalue weighted by molar-refractivity contribution is 14.1. The molecule has 0 bridgehead atoms. The Labute approximate surface area is 270 Å². The quantitative estimate of drug-likeness (QED) is 0.176. The van der Waals surface area contributed by atoms with E-state index in [1.807, 2.05) is 10.6 Å². The lowest BCUT2D eigenvalue weighted by atomic mass is 10.1. The van der Waals surface area contributed by atoms with Crippen LogP contribution in [0.1, 0.15) is 36.1 Å². The van der Waals surface area contributed by atoms with E-state index in [1.165, 1.54) is 18.2 Å². The molecular formula is C28H19F12IN2O4. The lowest BCUT2D eigenvalue weighted by Gasteiger charge is -2.20. The van der Waals surface area contributed by atoms with E-state index in [-0.39, 0.29) is 27.2 Å². The summed E-state index contributed by atoms with van der Waals surface area (Å²) in [5.74, 6) is -2.50. The third-order valence-electron chi connectivity index (χ3n) is 5.98. The first-order valence-corrected chi connectivity index (χ1v) is 13.8. The molecule has 0 aliphatic carbocycles. The zero-order valence-corrected chi connectivity index (χ0v) is 25.6. The molecule has 3 aromatic rings. The fourth-order valence-electron chi connectivity index (χ4n) is 3.70. The molecule has 0 saturated carbocycles. The number of rotatable bonds is 8. The molecule has 19 heteroatoms. The normalized spacial score (nSPS) is 13.9. The minimum Gasteiger partial charge on any atom is -0.480 e. The van der Waals surface area contributed by atoms with Crippen molar-refractivity contribution in [1.29, 1.82) is 0 Å². The first kappa shape index (κ1) is 37.5. The molecule has 2 amide bonds. The number of ether oxygens (including phenoxy) is 2. The predicted molar refractivity (Wildman–Crippen MR) is 149 cm³/mol. The fraction of sp³-hybridized carbons (Fsp3) is 0.286. The molecule has 0 aromatic heterocycles. The van der Waals surface area contributed by atoms with Gasteiger partial charge in [-0.3, -0.25) is 9.59 Å². The maximum atomic E-state index is 13.1. The average Bonchev–Trinajstić information content (AvgIpc) is 2.92. The molecule has 2 N–H and O–H groups in total. The molecule has 0 heterocycles. The molecule has 2 atom stereocenters. The Bertz CT molecular complexity index is 1460. The summed E-state index contributed by atoms with van der Waals surface area (Å²) in [6.07, 6.45) is -23.7. The van der Waals surface area contributed by atoms with Gasteiger partial charge in [0.15, 0.2) is 12.2 Å². The van der Waals surface area contributed by atoms with Crippen LogP contribution in [0.25, 0.3) is 0 Å². The lowest BCUT2D eigenvalue weighted by molar-refractivity contribution is -0.144. The van der Waals surface area contributed by atoms with Gasteiger partial charge in [-0.25, -0.2) is 0 Å². The van der Waals surface area contributed by atoms with Crippen molar-refractivity contribution in [2.75, 3.05) is 10.6 Å². The summed E-state index contributed by atoms with van der Waals surface area (Å²) in [6, 6.07) is 4.83. The summed E-state index contributed by atoms with van der Waals surface area (Å²) in [5, 5.41) is 3.85. The number of hydrogen-bond donors (Lipinski definition) is 2. The number of carbonyl (C=O) groups excluding carboxylic acids is 2. The molecular weight excluding hydrogens is 783 g/mol. The number of hydrogen-bond acceptors (Lipinski definition) is 4. The topological polar surface area (TPSA) is 76.7 Å². The van der Waals surface area contributed by atoms with Crippen LogP contribution in [0.5, 0.6) is 11.5 Å². The average molecular weight is 802 g/mol. The van der Waals surface area contributed by atoms with Crippen LogP contribution in [-0.2, 0) is 34.3 Å². The van der Waals surface area contributed by atoms with E-state index >= 15 is 0 Å². The van der Waals surface area contributed by atoms with Gasteiger partial charge in [0.2, 0.25) is 0 Å². The summed E-state index contributed by atoms with van der Waals surface area (Å²) in [4.78, 5) is 25.2. The molecule has 256 valence electrons. The number of alkyl halides is 12. The number of anilines is 2. The van der Waals surface area contributed by atoms with Gasteiger partial charge in [-0.05, 0) is 85.0 Å². The van der Waals surface area contributed by atoms with E-state index in [2.05, 4.69) is 0 Å². The summed E-state index contributed by atoms with van der Waals surface area (Å²) in [7, 11) is 0. The largest absolute Gasteiger partial charge is 0.480 e. The first-order chi connectivity index (χ1) is 21.4. The number of halogens is 13. The summed E-state index contributed by atoms with van der Waals surface area (Å²) >= 11 is 1.64.